The molecule has 0 saturated heterocycles. The van der Waals surface area contributed by atoms with Crippen LogP contribution in [0.4, 0.5) is 5.13 Å². The number of hydrogen-bond acceptors (Lipinski definition) is 8. The van der Waals surface area contributed by atoms with Crippen LogP contribution in [0.1, 0.15) is 15.9 Å². The number of rotatable bonds is 11. The van der Waals surface area contributed by atoms with E-state index in [1.165, 1.54) is 27.8 Å². The van der Waals surface area contributed by atoms with E-state index in [2.05, 4.69) is 0 Å². The van der Waals surface area contributed by atoms with Crippen LogP contribution in [0.5, 0.6) is 11.5 Å². The number of methoxy groups -OCH3 is 2. The number of carbonyl (C=O) groups excluding carboxylic acids is 1. The molecule has 0 unspecified atom stereocenters. The summed E-state index contributed by atoms with van der Waals surface area (Å²) >= 11 is 1.38. The highest BCUT2D eigenvalue weighted by Crippen LogP contribution is 2.37. The molecule has 0 bridgehead atoms. The molecule has 0 atom stereocenters. The average molecular weight is 569 g/mol. The number of anilines is 1. The van der Waals surface area contributed by atoms with E-state index in [1.54, 1.807) is 44.4 Å². The summed E-state index contributed by atoms with van der Waals surface area (Å²) < 4.78 is 39.3. The minimum atomic E-state index is -3.74. The van der Waals surface area contributed by atoms with Crippen molar-refractivity contribution < 1.29 is 22.7 Å². The van der Waals surface area contributed by atoms with Crippen LogP contribution in [0.3, 0.4) is 0 Å². The molecule has 206 valence electrons. The lowest BCUT2D eigenvalue weighted by atomic mass is 10.2. The molecule has 0 aliphatic heterocycles. The number of nitrogens with zero attached hydrogens (tertiary/aromatic N) is 4. The Morgan fingerprint density at radius 3 is 2.15 bits per heavy atom. The van der Waals surface area contributed by atoms with E-state index in [4.69, 9.17) is 14.5 Å². The Hall–Kier alpha value is -3.51. The standard InChI is InChI=1S/C28H32N4O5S2/c1-30(2)15-16-32(28-29-23-17-24(36-4)25(37-5)18-26(23)38-28)27(33)21-11-13-22(14-12-21)39(34,35)31(3)19-20-9-7-6-8-10-20/h6-14,17-18H,15-16,19H2,1-5H3. The third-order valence-electron chi connectivity index (χ3n) is 6.19. The van der Waals surface area contributed by atoms with Crippen LogP contribution in [-0.2, 0) is 16.6 Å². The lowest BCUT2D eigenvalue weighted by Gasteiger charge is -2.22. The second-order valence-corrected chi connectivity index (χ2v) is 12.3. The van der Waals surface area contributed by atoms with Gasteiger partial charge < -0.3 is 14.4 Å². The molecular formula is C28H32N4O5S2. The molecule has 1 amide bonds. The van der Waals surface area contributed by atoms with E-state index >= 15 is 0 Å². The predicted octanol–water partition coefficient (Wildman–Crippen LogP) is 4.34. The van der Waals surface area contributed by atoms with Gasteiger partial charge in [-0.15, -0.1) is 0 Å². The summed E-state index contributed by atoms with van der Waals surface area (Å²) in [5.74, 6) is 0.874. The number of aromatic nitrogens is 1. The molecule has 1 heterocycles. The van der Waals surface area contributed by atoms with Gasteiger partial charge in [-0.3, -0.25) is 9.69 Å². The van der Waals surface area contributed by atoms with Gasteiger partial charge in [-0.05, 0) is 43.9 Å². The summed E-state index contributed by atoms with van der Waals surface area (Å²) in [5.41, 5.74) is 1.95. The summed E-state index contributed by atoms with van der Waals surface area (Å²) in [6.45, 7) is 1.26. The van der Waals surface area contributed by atoms with Crippen LogP contribution in [0.15, 0.2) is 71.6 Å². The Bertz CT molecular complexity index is 1500. The zero-order chi connectivity index (χ0) is 28.2. The van der Waals surface area contributed by atoms with Gasteiger partial charge in [-0.2, -0.15) is 4.31 Å². The molecule has 4 aromatic rings. The van der Waals surface area contributed by atoms with E-state index < -0.39 is 10.0 Å². The van der Waals surface area contributed by atoms with Crippen molar-refractivity contribution in [1.29, 1.82) is 0 Å². The molecule has 0 aliphatic carbocycles. The fourth-order valence-electron chi connectivity index (χ4n) is 3.97. The fraction of sp³-hybridized carbons (Fsp3) is 0.286. The molecule has 39 heavy (non-hydrogen) atoms. The molecule has 0 radical (unpaired) electrons. The number of likely N-dealkylation sites (N-methyl/N-ethyl adjacent to an activating group) is 1. The van der Waals surface area contributed by atoms with Crippen LogP contribution in [0.25, 0.3) is 10.2 Å². The van der Waals surface area contributed by atoms with Crippen molar-refractivity contribution in [2.45, 2.75) is 11.4 Å². The Kier molecular flexibility index (Phi) is 8.86. The third-order valence-corrected chi connectivity index (χ3v) is 9.05. The zero-order valence-corrected chi connectivity index (χ0v) is 24.3. The number of benzene rings is 3. The van der Waals surface area contributed by atoms with Gasteiger partial charge in [0.2, 0.25) is 10.0 Å². The van der Waals surface area contributed by atoms with Crippen molar-refractivity contribution >= 4 is 42.6 Å². The largest absolute Gasteiger partial charge is 0.493 e. The molecule has 0 N–H and O–H groups in total. The van der Waals surface area contributed by atoms with Gasteiger partial charge in [0.25, 0.3) is 5.91 Å². The highest BCUT2D eigenvalue weighted by atomic mass is 32.2. The molecule has 0 saturated carbocycles. The Labute approximate surface area is 233 Å². The number of hydrogen-bond donors (Lipinski definition) is 0. The van der Waals surface area contributed by atoms with Crippen molar-refractivity contribution in [3.8, 4) is 11.5 Å². The Morgan fingerprint density at radius 2 is 1.54 bits per heavy atom. The molecule has 11 heteroatoms. The van der Waals surface area contributed by atoms with E-state index in [9.17, 15) is 13.2 Å². The molecule has 0 aliphatic rings. The smallest absolute Gasteiger partial charge is 0.260 e. The average Bonchev–Trinajstić information content (AvgIpc) is 3.35. The van der Waals surface area contributed by atoms with Crippen molar-refractivity contribution in [1.82, 2.24) is 14.2 Å². The molecule has 1 aromatic heterocycles. The normalized spacial score (nSPS) is 11.8. The van der Waals surface area contributed by atoms with Crippen LogP contribution < -0.4 is 14.4 Å². The third kappa shape index (κ3) is 6.39. The highest BCUT2D eigenvalue weighted by molar-refractivity contribution is 7.89. The first-order valence-corrected chi connectivity index (χ1v) is 14.5. The van der Waals surface area contributed by atoms with Gasteiger partial charge >= 0.3 is 0 Å². The second kappa shape index (κ2) is 12.1. The number of amides is 1. The molecule has 3 aromatic carbocycles. The van der Waals surface area contributed by atoms with Crippen molar-refractivity contribution in [2.75, 3.05) is 53.4 Å². The summed E-state index contributed by atoms with van der Waals surface area (Å²) in [6, 6.07) is 19.1. The Morgan fingerprint density at radius 1 is 0.897 bits per heavy atom. The Balaban J connectivity index is 1.61. The number of fused-ring (bicyclic) bond motifs is 1. The molecule has 0 fully saturated rings. The van der Waals surface area contributed by atoms with E-state index in [-0.39, 0.29) is 17.3 Å². The first-order valence-electron chi connectivity index (χ1n) is 12.2. The van der Waals surface area contributed by atoms with Crippen LogP contribution in [0, 0.1) is 0 Å². The van der Waals surface area contributed by atoms with E-state index in [0.717, 1.165) is 10.3 Å². The van der Waals surface area contributed by atoms with Gasteiger partial charge in [0, 0.05) is 44.4 Å². The molecule has 4 rings (SSSR count). The fourth-order valence-corrected chi connectivity index (χ4v) is 6.13. The van der Waals surface area contributed by atoms with Gasteiger partial charge in [0.15, 0.2) is 16.6 Å². The summed E-state index contributed by atoms with van der Waals surface area (Å²) in [6.07, 6.45) is 0. The quantitative estimate of drug-likeness (QED) is 0.266. The minimum Gasteiger partial charge on any atom is -0.493 e. The van der Waals surface area contributed by atoms with Gasteiger partial charge in [0.05, 0.1) is 29.3 Å². The number of carbonyl (C=O) groups is 1. The first-order chi connectivity index (χ1) is 18.6. The second-order valence-electron chi connectivity index (χ2n) is 9.20. The van der Waals surface area contributed by atoms with Crippen molar-refractivity contribution in [3.63, 3.8) is 0 Å². The minimum absolute atomic E-state index is 0.122. The summed E-state index contributed by atoms with van der Waals surface area (Å²) in [5, 5.41) is 0.534. The number of sulfonamides is 1. The van der Waals surface area contributed by atoms with Crippen LogP contribution in [0.2, 0.25) is 0 Å². The highest BCUT2D eigenvalue weighted by Gasteiger charge is 2.25. The van der Waals surface area contributed by atoms with Gasteiger partial charge in [-0.25, -0.2) is 13.4 Å². The van der Waals surface area contributed by atoms with E-state index in [0.29, 0.717) is 40.8 Å². The van der Waals surface area contributed by atoms with Crippen LogP contribution in [-0.4, -0.2) is 77.0 Å². The molecule has 0 spiro atoms. The number of thiazole rings is 1. The maximum atomic E-state index is 13.7. The van der Waals surface area contributed by atoms with Gasteiger partial charge in [0.1, 0.15) is 0 Å². The SMILES string of the molecule is COc1cc2nc(N(CCN(C)C)C(=O)c3ccc(S(=O)(=O)N(C)Cc4ccccc4)cc3)sc2cc1OC. The predicted molar refractivity (Wildman–Crippen MR) is 154 cm³/mol. The van der Waals surface area contributed by atoms with Gasteiger partial charge in [-0.1, -0.05) is 41.7 Å². The first kappa shape index (κ1) is 28.5. The van der Waals surface area contributed by atoms with E-state index in [1.807, 2.05) is 55.4 Å². The maximum absolute atomic E-state index is 13.7. The molecular weight excluding hydrogens is 536 g/mol. The van der Waals surface area contributed by atoms with Crippen molar-refractivity contribution in [2.24, 2.45) is 0 Å². The monoisotopic (exact) mass is 568 g/mol. The molecule has 9 nitrogen and oxygen atoms in total. The number of ether oxygens (including phenoxy) is 2. The maximum Gasteiger partial charge on any atom is 0.260 e. The topological polar surface area (TPSA) is 92.3 Å². The zero-order valence-electron chi connectivity index (χ0n) is 22.6. The lowest BCUT2D eigenvalue weighted by molar-refractivity contribution is 0.0985. The van der Waals surface area contributed by atoms with Crippen molar-refractivity contribution in [3.05, 3.63) is 77.9 Å². The summed E-state index contributed by atoms with van der Waals surface area (Å²) in [7, 11) is 4.81. The lowest BCUT2D eigenvalue weighted by Crippen LogP contribution is -2.36. The summed E-state index contributed by atoms with van der Waals surface area (Å²) in [4.78, 5) is 22.1. The van der Waals surface area contributed by atoms with Crippen LogP contribution >= 0.6 is 11.3 Å².